The van der Waals surface area contributed by atoms with Gasteiger partial charge in [0.05, 0.1) is 12.0 Å². The number of likely N-dealkylation sites (tertiary alicyclic amines) is 1. The van der Waals surface area contributed by atoms with Gasteiger partial charge in [0.1, 0.15) is 0 Å². The number of hydrogen-bond donors (Lipinski definition) is 0. The number of carbonyl (C=O) groups excluding carboxylic acids is 2. The summed E-state index contributed by atoms with van der Waals surface area (Å²) < 4.78 is 5.63. The van der Waals surface area contributed by atoms with Gasteiger partial charge in [0.25, 0.3) is 0 Å². The Morgan fingerprint density at radius 1 is 0.917 bits per heavy atom. The van der Waals surface area contributed by atoms with Gasteiger partial charge in [0, 0.05) is 57.5 Å². The molecule has 0 spiro atoms. The van der Waals surface area contributed by atoms with E-state index in [4.69, 9.17) is 4.42 Å². The minimum atomic E-state index is -0.0249. The van der Waals surface area contributed by atoms with E-state index in [1.807, 2.05) is 6.07 Å². The van der Waals surface area contributed by atoms with Crippen LogP contribution in [0, 0.1) is 0 Å². The van der Waals surface area contributed by atoms with E-state index in [1.54, 1.807) is 6.26 Å². The summed E-state index contributed by atoms with van der Waals surface area (Å²) in [6.45, 7) is 4.96. The number of amides is 2. The van der Waals surface area contributed by atoms with E-state index in [1.165, 1.54) is 4.90 Å². The molecule has 0 saturated carbocycles. The molecular weight excluding hydrogens is 306 g/mol. The maximum atomic E-state index is 11.7. The van der Waals surface area contributed by atoms with Crippen molar-refractivity contribution in [1.82, 2.24) is 9.80 Å². The lowest BCUT2D eigenvalue weighted by Gasteiger charge is -2.36. The lowest BCUT2D eigenvalue weighted by molar-refractivity contribution is -0.138. The van der Waals surface area contributed by atoms with E-state index in [2.05, 4.69) is 28.0 Å². The first-order chi connectivity index (χ1) is 11.7. The van der Waals surface area contributed by atoms with Crippen LogP contribution < -0.4 is 4.90 Å². The standard InChI is InChI=1S/C18H21N3O3/c22-16-4-5-17(23)21(16)12-9-19-7-10-20(11-8-19)15-3-1-2-14-6-13-24-18(14)15/h1-3,6,13H,4-5,7-12H2. The molecule has 0 unspecified atom stereocenters. The van der Waals surface area contributed by atoms with Gasteiger partial charge in [-0.25, -0.2) is 0 Å². The molecule has 2 aliphatic heterocycles. The van der Waals surface area contributed by atoms with Crippen LogP contribution in [0.15, 0.2) is 34.9 Å². The van der Waals surface area contributed by atoms with E-state index >= 15 is 0 Å². The molecule has 1 aromatic carbocycles. The van der Waals surface area contributed by atoms with Gasteiger partial charge < -0.3 is 9.32 Å². The fourth-order valence-corrected chi connectivity index (χ4v) is 3.55. The number of piperazine rings is 1. The molecule has 4 rings (SSSR count). The maximum Gasteiger partial charge on any atom is 0.229 e. The first-order valence-corrected chi connectivity index (χ1v) is 8.49. The normalized spacial score (nSPS) is 19.7. The van der Waals surface area contributed by atoms with Crippen molar-refractivity contribution in [3.05, 3.63) is 30.5 Å². The molecule has 126 valence electrons. The van der Waals surface area contributed by atoms with Gasteiger partial charge >= 0.3 is 0 Å². The molecular formula is C18H21N3O3. The Labute approximate surface area is 140 Å². The van der Waals surface area contributed by atoms with Crippen LogP contribution in [0.4, 0.5) is 5.69 Å². The Bertz CT molecular complexity index is 746. The molecule has 0 aliphatic carbocycles. The summed E-state index contributed by atoms with van der Waals surface area (Å²) in [5.74, 6) is -0.0498. The van der Waals surface area contributed by atoms with Crippen molar-refractivity contribution in [2.45, 2.75) is 12.8 Å². The molecule has 0 N–H and O–H groups in total. The Kier molecular flexibility index (Phi) is 3.98. The summed E-state index contributed by atoms with van der Waals surface area (Å²) in [6.07, 6.45) is 2.48. The maximum absolute atomic E-state index is 11.7. The van der Waals surface area contributed by atoms with E-state index in [0.29, 0.717) is 19.4 Å². The van der Waals surface area contributed by atoms with Crippen LogP contribution in [-0.2, 0) is 9.59 Å². The fraction of sp³-hybridized carbons (Fsp3) is 0.444. The van der Waals surface area contributed by atoms with Gasteiger partial charge in [0.2, 0.25) is 11.8 Å². The molecule has 2 aliphatic rings. The van der Waals surface area contributed by atoms with Crippen LogP contribution >= 0.6 is 0 Å². The number of para-hydroxylation sites is 1. The summed E-state index contributed by atoms with van der Waals surface area (Å²) in [5, 5.41) is 1.13. The average Bonchev–Trinajstić information content (AvgIpc) is 3.20. The zero-order valence-corrected chi connectivity index (χ0v) is 13.6. The van der Waals surface area contributed by atoms with E-state index in [9.17, 15) is 9.59 Å². The third kappa shape index (κ3) is 2.78. The van der Waals surface area contributed by atoms with Crippen molar-refractivity contribution in [3.8, 4) is 0 Å². The lowest BCUT2D eigenvalue weighted by Crippen LogP contribution is -2.49. The molecule has 0 atom stereocenters. The number of anilines is 1. The summed E-state index contributed by atoms with van der Waals surface area (Å²) in [7, 11) is 0. The highest BCUT2D eigenvalue weighted by atomic mass is 16.3. The van der Waals surface area contributed by atoms with E-state index in [0.717, 1.165) is 49.4 Å². The summed E-state index contributed by atoms with van der Waals surface area (Å²) in [6, 6.07) is 8.20. The SMILES string of the molecule is O=C1CCC(=O)N1CCN1CCN(c2cccc3ccoc23)CC1. The van der Waals surface area contributed by atoms with Crippen molar-refractivity contribution in [3.63, 3.8) is 0 Å². The third-order valence-corrected chi connectivity index (χ3v) is 4.97. The van der Waals surface area contributed by atoms with Crippen LogP contribution in [0.2, 0.25) is 0 Å². The van der Waals surface area contributed by atoms with Gasteiger partial charge in [-0.05, 0) is 12.1 Å². The van der Waals surface area contributed by atoms with Crippen molar-refractivity contribution >= 4 is 28.5 Å². The molecule has 0 radical (unpaired) electrons. The third-order valence-electron chi connectivity index (χ3n) is 4.97. The Morgan fingerprint density at radius 2 is 1.67 bits per heavy atom. The smallest absolute Gasteiger partial charge is 0.229 e. The summed E-state index contributed by atoms with van der Waals surface area (Å²) in [5.41, 5.74) is 2.08. The quantitative estimate of drug-likeness (QED) is 0.800. The second-order valence-corrected chi connectivity index (χ2v) is 6.38. The largest absolute Gasteiger partial charge is 0.462 e. The van der Waals surface area contributed by atoms with Gasteiger partial charge in [-0.1, -0.05) is 12.1 Å². The lowest BCUT2D eigenvalue weighted by atomic mass is 10.2. The summed E-state index contributed by atoms with van der Waals surface area (Å²) in [4.78, 5) is 29.4. The predicted molar refractivity (Wildman–Crippen MR) is 90.8 cm³/mol. The van der Waals surface area contributed by atoms with Gasteiger partial charge in [-0.2, -0.15) is 0 Å². The fourth-order valence-electron chi connectivity index (χ4n) is 3.55. The van der Waals surface area contributed by atoms with Crippen LogP contribution in [0.25, 0.3) is 11.0 Å². The highest BCUT2D eigenvalue weighted by Crippen LogP contribution is 2.28. The van der Waals surface area contributed by atoms with Crippen molar-refractivity contribution in [2.75, 3.05) is 44.2 Å². The van der Waals surface area contributed by atoms with Crippen molar-refractivity contribution in [1.29, 1.82) is 0 Å². The first kappa shape index (κ1) is 15.2. The van der Waals surface area contributed by atoms with Gasteiger partial charge in [-0.15, -0.1) is 0 Å². The molecule has 2 amide bonds. The first-order valence-electron chi connectivity index (χ1n) is 8.49. The number of carbonyl (C=O) groups is 2. The zero-order chi connectivity index (χ0) is 16.5. The topological polar surface area (TPSA) is 57.0 Å². The number of hydrogen-bond acceptors (Lipinski definition) is 5. The predicted octanol–water partition coefficient (Wildman–Crippen LogP) is 1.70. The van der Waals surface area contributed by atoms with Crippen LogP contribution in [0.5, 0.6) is 0 Å². The number of fused-ring (bicyclic) bond motifs is 1. The van der Waals surface area contributed by atoms with E-state index < -0.39 is 0 Å². The molecule has 3 heterocycles. The van der Waals surface area contributed by atoms with Crippen molar-refractivity contribution in [2.24, 2.45) is 0 Å². The van der Waals surface area contributed by atoms with Crippen molar-refractivity contribution < 1.29 is 14.0 Å². The molecule has 24 heavy (non-hydrogen) atoms. The monoisotopic (exact) mass is 327 g/mol. The second-order valence-electron chi connectivity index (χ2n) is 6.38. The number of imide groups is 1. The molecule has 6 heteroatoms. The molecule has 2 fully saturated rings. The average molecular weight is 327 g/mol. The Morgan fingerprint density at radius 3 is 2.42 bits per heavy atom. The number of rotatable bonds is 4. The highest BCUT2D eigenvalue weighted by Gasteiger charge is 2.29. The van der Waals surface area contributed by atoms with E-state index in [-0.39, 0.29) is 11.8 Å². The highest BCUT2D eigenvalue weighted by molar-refractivity contribution is 6.01. The number of benzene rings is 1. The molecule has 6 nitrogen and oxygen atoms in total. The Hall–Kier alpha value is -2.34. The molecule has 2 saturated heterocycles. The minimum Gasteiger partial charge on any atom is -0.462 e. The number of furan rings is 1. The molecule has 1 aromatic heterocycles. The van der Waals surface area contributed by atoms with Crippen LogP contribution in [0.1, 0.15) is 12.8 Å². The Balaban J connectivity index is 1.34. The van der Waals surface area contributed by atoms with Crippen LogP contribution in [-0.4, -0.2) is 60.9 Å². The van der Waals surface area contributed by atoms with Gasteiger partial charge in [-0.3, -0.25) is 19.4 Å². The second kappa shape index (κ2) is 6.28. The molecule has 0 bridgehead atoms. The minimum absolute atomic E-state index is 0.0249. The van der Waals surface area contributed by atoms with Gasteiger partial charge in [0.15, 0.2) is 5.58 Å². The molecule has 2 aromatic rings. The summed E-state index contributed by atoms with van der Waals surface area (Å²) >= 11 is 0. The van der Waals surface area contributed by atoms with Crippen LogP contribution in [0.3, 0.4) is 0 Å². The zero-order valence-electron chi connectivity index (χ0n) is 13.6. The number of nitrogens with zero attached hydrogens (tertiary/aromatic N) is 3.